The Bertz CT molecular complexity index is 858. The van der Waals surface area contributed by atoms with Crippen molar-refractivity contribution in [1.29, 1.82) is 0 Å². The molecule has 2 aromatic carbocycles. The minimum absolute atomic E-state index is 0.263. The van der Waals surface area contributed by atoms with Crippen molar-refractivity contribution in [2.75, 3.05) is 6.61 Å². The average molecular weight is 346 g/mol. The maximum atomic E-state index is 12.1. The molecular formula is C16H12BrNO3. The highest BCUT2D eigenvalue weighted by Crippen LogP contribution is 2.29. The molecule has 0 saturated heterocycles. The minimum atomic E-state index is -0.414. The van der Waals surface area contributed by atoms with Crippen LogP contribution in [-0.2, 0) is 0 Å². The Morgan fingerprint density at radius 2 is 2.05 bits per heavy atom. The smallest absolute Gasteiger partial charge is 0.347 e. The molecular weight excluding hydrogens is 334 g/mol. The van der Waals surface area contributed by atoms with Gasteiger partial charge in [0.1, 0.15) is 5.75 Å². The average Bonchev–Trinajstić information content (AvgIpc) is 2.49. The third kappa shape index (κ3) is 2.69. The van der Waals surface area contributed by atoms with Crippen molar-refractivity contribution in [3.05, 3.63) is 57.4 Å². The number of para-hydroxylation sites is 1. The summed E-state index contributed by atoms with van der Waals surface area (Å²) < 4.78 is 11.7. The van der Waals surface area contributed by atoms with E-state index in [1.807, 2.05) is 37.3 Å². The van der Waals surface area contributed by atoms with Crippen LogP contribution in [0.4, 0.5) is 0 Å². The van der Waals surface area contributed by atoms with E-state index >= 15 is 0 Å². The normalized spacial score (nSPS) is 10.8. The number of benzene rings is 2. The lowest BCUT2D eigenvalue weighted by molar-refractivity contribution is 0.340. The zero-order chi connectivity index (χ0) is 14.8. The molecule has 0 aliphatic rings. The predicted octanol–water partition coefficient (Wildman–Crippen LogP) is 4.02. The molecule has 5 heteroatoms. The van der Waals surface area contributed by atoms with Gasteiger partial charge >= 0.3 is 5.63 Å². The van der Waals surface area contributed by atoms with Crippen LogP contribution in [0.1, 0.15) is 6.92 Å². The van der Waals surface area contributed by atoms with Crippen molar-refractivity contribution >= 4 is 26.8 Å². The number of rotatable bonds is 3. The van der Waals surface area contributed by atoms with Crippen LogP contribution in [0.25, 0.3) is 22.4 Å². The number of hydrogen-bond acceptors (Lipinski definition) is 4. The molecule has 0 radical (unpaired) electrons. The molecule has 106 valence electrons. The minimum Gasteiger partial charge on any atom is -0.493 e. The van der Waals surface area contributed by atoms with Crippen LogP contribution < -0.4 is 10.4 Å². The highest BCUT2D eigenvalue weighted by Gasteiger charge is 2.13. The third-order valence-corrected chi connectivity index (χ3v) is 3.50. The molecule has 0 aliphatic heterocycles. The van der Waals surface area contributed by atoms with Gasteiger partial charge in [-0.15, -0.1) is 0 Å². The fourth-order valence-electron chi connectivity index (χ4n) is 2.08. The Balaban J connectivity index is 2.22. The fraction of sp³-hybridized carbons (Fsp3) is 0.125. The summed E-state index contributed by atoms with van der Waals surface area (Å²) in [5.41, 5.74) is 0.847. The molecule has 0 saturated carbocycles. The van der Waals surface area contributed by atoms with Crippen LogP contribution in [0.5, 0.6) is 5.75 Å². The van der Waals surface area contributed by atoms with Crippen molar-refractivity contribution < 1.29 is 9.15 Å². The fourth-order valence-corrected chi connectivity index (χ4v) is 2.45. The number of halogens is 1. The summed E-state index contributed by atoms with van der Waals surface area (Å²) >= 11 is 3.33. The molecule has 1 heterocycles. The Kier molecular flexibility index (Phi) is 3.75. The van der Waals surface area contributed by atoms with Gasteiger partial charge < -0.3 is 9.15 Å². The first-order valence-electron chi connectivity index (χ1n) is 6.51. The van der Waals surface area contributed by atoms with Gasteiger partial charge in [-0.05, 0) is 37.3 Å². The third-order valence-electron chi connectivity index (χ3n) is 3.01. The first-order valence-corrected chi connectivity index (χ1v) is 7.31. The monoisotopic (exact) mass is 345 g/mol. The molecule has 0 fully saturated rings. The van der Waals surface area contributed by atoms with Gasteiger partial charge in [-0.1, -0.05) is 28.1 Å². The molecule has 0 unspecified atom stereocenters. The second-order valence-corrected chi connectivity index (χ2v) is 5.31. The van der Waals surface area contributed by atoms with E-state index in [2.05, 4.69) is 20.9 Å². The van der Waals surface area contributed by atoms with E-state index in [4.69, 9.17) is 9.15 Å². The number of ether oxygens (including phenoxy) is 1. The second kappa shape index (κ2) is 5.69. The lowest BCUT2D eigenvalue weighted by atomic mass is 10.2. The standard InChI is InChI=1S/C16H12BrNO3/c1-2-20-14-6-4-3-5-11(14)15-18-13-8-7-10(17)9-12(13)16(19)21-15/h3-9H,2H2,1H3. The molecule has 21 heavy (non-hydrogen) atoms. The topological polar surface area (TPSA) is 52.3 Å². The summed E-state index contributed by atoms with van der Waals surface area (Å²) in [6.45, 7) is 2.43. The SMILES string of the molecule is CCOc1ccccc1-c1nc2ccc(Br)cc2c(=O)o1. The number of fused-ring (bicyclic) bond motifs is 1. The van der Waals surface area contributed by atoms with Gasteiger partial charge in [0.2, 0.25) is 5.89 Å². The van der Waals surface area contributed by atoms with E-state index in [0.717, 1.165) is 4.47 Å². The van der Waals surface area contributed by atoms with Gasteiger partial charge in [-0.3, -0.25) is 0 Å². The van der Waals surface area contributed by atoms with Crippen molar-refractivity contribution in [3.8, 4) is 17.2 Å². The van der Waals surface area contributed by atoms with Gasteiger partial charge in [-0.2, -0.15) is 0 Å². The lowest BCUT2D eigenvalue weighted by Crippen LogP contribution is -2.04. The maximum Gasteiger partial charge on any atom is 0.347 e. The van der Waals surface area contributed by atoms with E-state index in [1.54, 1.807) is 12.1 Å². The van der Waals surface area contributed by atoms with Crippen LogP contribution >= 0.6 is 15.9 Å². The molecule has 0 N–H and O–H groups in total. The molecule has 0 atom stereocenters. The summed E-state index contributed by atoms with van der Waals surface area (Å²) in [6, 6.07) is 12.7. The van der Waals surface area contributed by atoms with Crippen molar-refractivity contribution in [1.82, 2.24) is 4.98 Å². The molecule has 0 bridgehead atoms. The molecule has 0 amide bonds. The van der Waals surface area contributed by atoms with Crippen LogP contribution in [0, 0.1) is 0 Å². The van der Waals surface area contributed by atoms with E-state index in [9.17, 15) is 4.79 Å². The van der Waals surface area contributed by atoms with Gasteiger partial charge in [0.15, 0.2) is 0 Å². The largest absolute Gasteiger partial charge is 0.493 e. The van der Waals surface area contributed by atoms with Crippen molar-refractivity contribution in [2.24, 2.45) is 0 Å². The Morgan fingerprint density at radius 3 is 2.86 bits per heavy atom. The van der Waals surface area contributed by atoms with Crippen LogP contribution in [-0.4, -0.2) is 11.6 Å². The number of nitrogens with zero attached hydrogens (tertiary/aromatic N) is 1. The summed E-state index contributed by atoms with van der Waals surface area (Å²) in [7, 11) is 0. The van der Waals surface area contributed by atoms with Gasteiger partial charge in [0, 0.05) is 4.47 Å². The van der Waals surface area contributed by atoms with Crippen molar-refractivity contribution in [2.45, 2.75) is 6.92 Å². The lowest BCUT2D eigenvalue weighted by Gasteiger charge is -2.08. The summed E-state index contributed by atoms with van der Waals surface area (Å²) in [5, 5.41) is 0.446. The van der Waals surface area contributed by atoms with Crippen LogP contribution in [0.15, 0.2) is 56.1 Å². The van der Waals surface area contributed by atoms with Crippen molar-refractivity contribution in [3.63, 3.8) is 0 Å². The maximum absolute atomic E-state index is 12.1. The Hall–Kier alpha value is -2.14. The van der Waals surface area contributed by atoms with Crippen LogP contribution in [0.3, 0.4) is 0 Å². The van der Waals surface area contributed by atoms with E-state index in [1.165, 1.54) is 0 Å². The first-order chi connectivity index (χ1) is 10.2. The first kappa shape index (κ1) is 13.8. The summed E-state index contributed by atoms with van der Waals surface area (Å²) in [6.07, 6.45) is 0. The molecule has 1 aromatic heterocycles. The molecule has 0 aliphatic carbocycles. The van der Waals surface area contributed by atoms with E-state index in [0.29, 0.717) is 28.8 Å². The zero-order valence-corrected chi connectivity index (χ0v) is 12.9. The molecule has 3 rings (SSSR count). The van der Waals surface area contributed by atoms with Gasteiger partial charge in [-0.25, -0.2) is 9.78 Å². The summed E-state index contributed by atoms with van der Waals surface area (Å²) in [4.78, 5) is 16.5. The van der Waals surface area contributed by atoms with Gasteiger partial charge in [0.25, 0.3) is 0 Å². The zero-order valence-electron chi connectivity index (χ0n) is 11.3. The highest BCUT2D eigenvalue weighted by molar-refractivity contribution is 9.10. The molecule has 0 spiro atoms. The van der Waals surface area contributed by atoms with E-state index < -0.39 is 5.63 Å². The Labute approximate surface area is 129 Å². The van der Waals surface area contributed by atoms with E-state index in [-0.39, 0.29) is 5.89 Å². The summed E-state index contributed by atoms with van der Waals surface area (Å²) in [5.74, 6) is 0.908. The molecule has 4 nitrogen and oxygen atoms in total. The predicted molar refractivity (Wildman–Crippen MR) is 84.6 cm³/mol. The number of aromatic nitrogens is 1. The van der Waals surface area contributed by atoms with Gasteiger partial charge in [0.05, 0.1) is 23.1 Å². The van der Waals surface area contributed by atoms with Crippen LogP contribution in [0.2, 0.25) is 0 Å². The second-order valence-electron chi connectivity index (χ2n) is 4.40. The number of hydrogen-bond donors (Lipinski definition) is 0. The highest BCUT2D eigenvalue weighted by atomic mass is 79.9. The molecule has 3 aromatic rings. The quantitative estimate of drug-likeness (QED) is 0.719. The Morgan fingerprint density at radius 1 is 1.24 bits per heavy atom.